The maximum atomic E-state index is 12.7. The van der Waals surface area contributed by atoms with Crippen molar-refractivity contribution in [1.29, 1.82) is 0 Å². The summed E-state index contributed by atoms with van der Waals surface area (Å²) >= 11 is 0. The highest BCUT2D eigenvalue weighted by atomic mass is 16.1. The van der Waals surface area contributed by atoms with Crippen molar-refractivity contribution in [3.8, 4) is 0 Å². The van der Waals surface area contributed by atoms with Gasteiger partial charge in [-0.05, 0) is 41.1 Å². The summed E-state index contributed by atoms with van der Waals surface area (Å²) in [6.45, 7) is 4.01. The Balaban J connectivity index is 1.76. The zero-order chi connectivity index (χ0) is 19.8. The van der Waals surface area contributed by atoms with E-state index in [1.165, 1.54) is 10.8 Å². The molecule has 0 heterocycles. The maximum absolute atomic E-state index is 12.7. The van der Waals surface area contributed by atoms with Crippen molar-refractivity contribution in [2.24, 2.45) is 0 Å². The Morgan fingerprint density at radius 1 is 0.621 bits per heavy atom. The molecule has 1 aliphatic carbocycles. The third-order valence-electron chi connectivity index (χ3n) is 5.30. The van der Waals surface area contributed by atoms with Gasteiger partial charge in [-0.25, -0.2) is 0 Å². The van der Waals surface area contributed by atoms with Gasteiger partial charge in [-0.15, -0.1) is 0 Å². The second-order valence-electron chi connectivity index (χ2n) is 7.13. The molecule has 29 heavy (non-hydrogen) atoms. The van der Waals surface area contributed by atoms with Crippen molar-refractivity contribution < 1.29 is 4.79 Å². The van der Waals surface area contributed by atoms with Crippen LogP contribution in [0.2, 0.25) is 0 Å². The van der Waals surface area contributed by atoms with E-state index >= 15 is 0 Å². The first-order valence-corrected chi connectivity index (χ1v) is 9.61. The molecule has 2 nitrogen and oxygen atoms in total. The van der Waals surface area contributed by atoms with E-state index < -0.39 is 0 Å². The molecule has 0 fully saturated rings. The van der Waals surface area contributed by atoms with Gasteiger partial charge in [0, 0.05) is 28.1 Å². The number of carbonyl (C=O) groups excluding carboxylic acids is 1. The Morgan fingerprint density at radius 2 is 1.28 bits per heavy atom. The standard InChI is InChI=1S/C27H19NO/c1-19-17-26(24-13-7-8-14-25(24)27(19)29)28(22-11-3-2-4-12-22)23-16-15-20-9-5-6-10-21(20)18-23/h2-18H,1H2. The van der Waals surface area contributed by atoms with Gasteiger partial charge in [0.25, 0.3) is 0 Å². The molecular formula is C27H19NO. The monoisotopic (exact) mass is 373 g/mol. The SMILES string of the molecule is C=C1C=C(N(c2ccccc2)c2ccc3ccccc3c2)c2ccccc2C1=O. The number of allylic oxidation sites excluding steroid dienone is 2. The molecule has 0 spiro atoms. The summed E-state index contributed by atoms with van der Waals surface area (Å²) in [5, 5.41) is 2.37. The molecule has 0 aliphatic heterocycles. The number of hydrogen-bond acceptors (Lipinski definition) is 2. The van der Waals surface area contributed by atoms with Crippen LogP contribution in [-0.2, 0) is 0 Å². The molecule has 4 aromatic carbocycles. The molecule has 0 bridgehead atoms. The lowest BCUT2D eigenvalue weighted by molar-refractivity contribution is 0.103. The molecule has 4 aromatic rings. The van der Waals surface area contributed by atoms with Crippen LogP contribution < -0.4 is 4.90 Å². The minimum atomic E-state index is -0.0177. The van der Waals surface area contributed by atoms with E-state index in [9.17, 15) is 4.79 Å². The van der Waals surface area contributed by atoms with E-state index in [2.05, 4.69) is 60.0 Å². The highest BCUT2D eigenvalue weighted by Gasteiger charge is 2.26. The quantitative estimate of drug-likeness (QED) is 0.369. The fraction of sp³-hybridized carbons (Fsp3) is 0. The van der Waals surface area contributed by atoms with Crippen LogP contribution >= 0.6 is 0 Å². The first kappa shape index (κ1) is 17.2. The van der Waals surface area contributed by atoms with Crippen LogP contribution in [0.1, 0.15) is 15.9 Å². The van der Waals surface area contributed by atoms with E-state index in [0.717, 1.165) is 22.6 Å². The Labute approximate surface area is 170 Å². The van der Waals surface area contributed by atoms with Gasteiger partial charge < -0.3 is 4.90 Å². The molecule has 0 N–H and O–H groups in total. The van der Waals surface area contributed by atoms with Gasteiger partial charge >= 0.3 is 0 Å². The second kappa shape index (κ2) is 6.92. The topological polar surface area (TPSA) is 20.3 Å². The average molecular weight is 373 g/mol. The van der Waals surface area contributed by atoms with E-state index in [4.69, 9.17) is 0 Å². The van der Waals surface area contributed by atoms with Crippen LogP contribution in [0, 0.1) is 0 Å². The number of fused-ring (bicyclic) bond motifs is 2. The maximum Gasteiger partial charge on any atom is 0.193 e. The third-order valence-corrected chi connectivity index (χ3v) is 5.30. The summed E-state index contributed by atoms with van der Waals surface area (Å²) in [4.78, 5) is 14.9. The van der Waals surface area contributed by atoms with E-state index in [0.29, 0.717) is 11.1 Å². The van der Waals surface area contributed by atoms with Crippen molar-refractivity contribution in [2.75, 3.05) is 4.90 Å². The van der Waals surface area contributed by atoms with Gasteiger partial charge in [-0.2, -0.15) is 0 Å². The van der Waals surface area contributed by atoms with Crippen LogP contribution in [0.5, 0.6) is 0 Å². The van der Waals surface area contributed by atoms with E-state index in [1.807, 2.05) is 54.6 Å². The number of para-hydroxylation sites is 1. The summed E-state index contributed by atoms with van der Waals surface area (Å²) in [5.74, 6) is -0.0177. The minimum Gasteiger partial charge on any atom is -0.310 e. The largest absolute Gasteiger partial charge is 0.310 e. The number of ketones is 1. The molecule has 0 atom stereocenters. The van der Waals surface area contributed by atoms with Gasteiger partial charge in [0.15, 0.2) is 5.78 Å². The molecular weight excluding hydrogens is 354 g/mol. The smallest absolute Gasteiger partial charge is 0.193 e. The van der Waals surface area contributed by atoms with Crippen LogP contribution in [-0.4, -0.2) is 5.78 Å². The van der Waals surface area contributed by atoms with Crippen molar-refractivity contribution in [3.05, 3.63) is 126 Å². The van der Waals surface area contributed by atoms with Crippen LogP contribution in [0.25, 0.3) is 16.5 Å². The van der Waals surface area contributed by atoms with E-state index in [-0.39, 0.29) is 5.78 Å². The molecule has 5 rings (SSSR count). The normalized spacial score (nSPS) is 13.2. The summed E-state index contributed by atoms with van der Waals surface area (Å²) in [7, 11) is 0. The Hall–Kier alpha value is -3.91. The molecule has 0 amide bonds. The highest BCUT2D eigenvalue weighted by Crippen LogP contribution is 2.39. The second-order valence-corrected chi connectivity index (χ2v) is 7.13. The van der Waals surface area contributed by atoms with Gasteiger partial charge in [-0.3, -0.25) is 4.79 Å². The van der Waals surface area contributed by atoms with Crippen molar-refractivity contribution in [2.45, 2.75) is 0 Å². The number of rotatable bonds is 3. The Morgan fingerprint density at radius 3 is 2.07 bits per heavy atom. The number of carbonyl (C=O) groups is 1. The molecule has 138 valence electrons. The zero-order valence-electron chi connectivity index (χ0n) is 15.9. The van der Waals surface area contributed by atoms with Crippen molar-refractivity contribution >= 4 is 33.6 Å². The lowest BCUT2D eigenvalue weighted by Gasteiger charge is -2.31. The van der Waals surface area contributed by atoms with Crippen molar-refractivity contribution in [3.63, 3.8) is 0 Å². The van der Waals surface area contributed by atoms with Gasteiger partial charge in [0.05, 0.1) is 5.70 Å². The lowest BCUT2D eigenvalue weighted by Crippen LogP contribution is -2.21. The van der Waals surface area contributed by atoms with Gasteiger partial charge in [0.2, 0.25) is 0 Å². The highest BCUT2D eigenvalue weighted by molar-refractivity contribution is 6.17. The number of hydrogen-bond donors (Lipinski definition) is 0. The van der Waals surface area contributed by atoms with Crippen LogP contribution in [0.4, 0.5) is 11.4 Å². The Kier molecular flexibility index (Phi) is 4.10. The summed E-state index contributed by atoms with van der Waals surface area (Å²) < 4.78 is 0. The predicted molar refractivity (Wildman–Crippen MR) is 120 cm³/mol. The van der Waals surface area contributed by atoms with Gasteiger partial charge in [-0.1, -0.05) is 79.4 Å². The zero-order valence-corrected chi connectivity index (χ0v) is 15.9. The molecule has 1 aliphatic rings. The minimum absolute atomic E-state index is 0.0177. The molecule has 0 aromatic heterocycles. The molecule has 0 saturated heterocycles. The number of Topliss-reactive ketones (excluding diaryl/α,β-unsaturated/α-hetero) is 1. The summed E-state index contributed by atoms with van der Waals surface area (Å²) in [6.07, 6.45) is 1.90. The van der Waals surface area contributed by atoms with E-state index in [1.54, 1.807) is 0 Å². The Bertz CT molecular complexity index is 1280. The summed E-state index contributed by atoms with van der Waals surface area (Å²) in [6, 6.07) is 32.7. The fourth-order valence-electron chi connectivity index (χ4n) is 3.89. The number of anilines is 2. The lowest BCUT2D eigenvalue weighted by atomic mass is 9.89. The average Bonchev–Trinajstić information content (AvgIpc) is 2.78. The fourth-order valence-corrected chi connectivity index (χ4v) is 3.89. The first-order valence-electron chi connectivity index (χ1n) is 9.61. The molecule has 0 unspecified atom stereocenters. The predicted octanol–water partition coefficient (Wildman–Crippen LogP) is 6.77. The number of benzene rings is 4. The van der Waals surface area contributed by atoms with Gasteiger partial charge in [0.1, 0.15) is 0 Å². The number of nitrogens with zero attached hydrogens (tertiary/aromatic N) is 1. The summed E-state index contributed by atoms with van der Waals surface area (Å²) in [5.41, 5.74) is 5.13. The van der Waals surface area contributed by atoms with Crippen LogP contribution in [0.15, 0.2) is 115 Å². The van der Waals surface area contributed by atoms with Crippen LogP contribution in [0.3, 0.4) is 0 Å². The first-order chi connectivity index (χ1) is 14.2. The molecule has 0 saturated carbocycles. The third kappa shape index (κ3) is 2.95. The van der Waals surface area contributed by atoms with Crippen molar-refractivity contribution in [1.82, 2.24) is 0 Å². The molecule has 2 heteroatoms. The molecule has 0 radical (unpaired) electrons.